The number of benzene rings is 1. The summed E-state index contributed by atoms with van der Waals surface area (Å²) in [6.07, 6.45) is 20.5. The Morgan fingerprint density at radius 2 is 1.15 bits per heavy atom. The molecule has 0 amide bonds. The molecule has 1 aromatic carbocycles. The van der Waals surface area contributed by atoms with E-state index in [1.807, 2.05) is 0 Å². The van der Waals surface area contributed by atoms with Crippen LogP contribution in [0.25, 0.3) is 0 Å². The van der Waals surface area contributed by atoms with Crippen LogP contribution < -0.4 is 34.3 Å². The zero-order valence-electron chi connectivity index (χ0n) is 22.6. The fourth-order valence-corrected chi connectivity index (χ4v) is 4.55. The SMILES string of the molecule is CCCCCCCCCc1cc(CCCCCCCCC)cc(OCCC(C)S(=O)(=O)[O-])c1.[Na+]. The van der Waals surface area contributed by atoms with Crippen LogP contribution in [0.15, 0.2) is 18.2 Å². The van der Waals surface area contributed by atoms with Gasteiger partial charge in [-0.2, -0.15) is 0 Å². The maximum absolute atomic E-state index is 11.1. The van der Waals surface area contributed by atoms with Crippen LogP contribution in [-0.2, 0) is 23.0 Å². The van der Waals surface area contributed by atoms with E-state index in [4.69, 9.17) is 4.74 Å². The molecule has 0 saturated carbocycles. The van der Waals surface area contributed by atoms with Crippen LogP contribution in [0.3, 0.4) is 0 Å². The van der Waals surface area contributed by atoms with Crippen LogP contribution in [0, 0.1) is 0 Å². The molecule has 0 aliphatic heterocycles. The van der Waals surface area contributed by atoms with Gasteiger partial charge in [0.1, 0.15) is 5.75 Å². The molecule has 0 aromatic heterocycles. The second-order valence-corrected chi connectivity index (χ2v) is 11.5. The molecule has 1 unspecified atom stereocenters. The molecule has 0 radical (unpaired) electrons. The third-order valence-electron chi connectivity index (χ3n) is 6.45. The van der Waals surface area contributed by atoms with E-state index in [9.17, 15) is 13.0 Å². The predicted molar refractivity (Wildman–Crippen MR) is 139 cm³/mol. The topological polar surface area (TPSA) is 66.4 Å². The van der Waals surface area contributed by atoms with Crippen molar-refractivity contribution in [3.05, 3.63) is 29.3 Å². The summed E-state index contributed by atoms with van der Waals surface area (Å²) in [5, 5.41) is -0.916. The van der Waals surface area contributed by atoms with Crippen LogP contribution in [0.4, 0.5) is 0 Å². The zero-order valence-corrected chi connectivity index (χ0v) is 25.4. The van der Waals surface area contributed by atoms with Gasteiger partial charge < -0.3 is 9.29 Å². The van der Waals surface area contributed by atoms with Crippen LogP contribution >= 0.6 is 0 Å². The average molecular weight is 505 g/mol. The smallest absolute Gasteiger partial charge is 0.748 e. The van der Waals surface area contributed by atoms with Crippen molar-refractivity contribution >= 4 is 10.1 Å². The standard InChI is InChI=1S/C28H50O4S.Na/c1-4-6-8-10-12-14-16-18-26-22-27(19-17-15-13-11-9-7-5-2)24-28(23-26)32-21-20-25(3)33(29,30)31;/h22-25H,4-21H2,1-3H3,(H,29,30,31);/q;+1/p-1. The minimum atomic E-state index is -4.25. The molecule has 1 rings (SSSR count). The normalized spacial score (nSPS) is 12.4. The molecule has 4 nitrogen and oxygen atoms in total. The van der Waals surface area contributed by atoms with Gasteiger partial charge in [-0.05, 0) is 62.3 Å². The number of unbranched alkanes of at least 4 members (excludes halogenated alkanes) is 12. The van der Waals surface area contributed by atoms with Gasteiger partial charge in [-0.3, -0.25) is 0 Å². The number of rotatable bonds is 21. The van der Waals surface area contributed by atoms with E-state index in [0.29, 0.717) is 0 Å². The van der Waals surface area contributed by atoms with Gasteiger partial charge in [0.15, 0.2) is 0 Å². The Bertz CT molecular complexity index is 685. The van der Waals surface area contributed by atoms with Gasteiger partial charge in [0.05, 0.1) is 16.7 Å². The summed E-state index contributed by atoms with van der Waals surface area (Å²) in [6.45, 7) is 6.20. The van der Waals surface area contributed by atoms with E-state index in [1.165, 1.54) is 108 Å². The zero-order chi connectivity index (χ0) is 24.4. The third kappa shape index (κ3) is 17.4. The summed E-state index contributed by atoms with van der Waals surface area (Å²) in [5.74, 6) is 0.809. The first kappa shape index (κ1) is 33.9. The fourth-order valence-electron chi connectivity index (χ4n) is 4.16. The summed E-state index contributed by atoms with van der Waals surface area (Å²) >= 11 is 0. The first-order valence-corrected chi connectivity index (χ1v) is 15.0. The van der Waals surface area contributed by atoms with Crippen LogP contribution in [0.1, 0.15) is 128 Å². The second kappa shape index (κ2) is 21.1. The van der Waals surface area contributed by atoms with Gasteiger partial charge in [0, 0.05) is 5.25 Å². The minimum absolute atomic E-state index is 0. The van der Waals surface area contributed by atoms with Gasteiger partial charge in [-0.25, -0.2) is 8.42 Å². The Morgan fingerprint density at radius 1 is 0.735 bits per heavy atom. The van der Waals surface area contributed by atoms with E-state index < -0.39 is 15.4 Å². The Hall–Kier alpha value is -0.0700. The number of hydrogen-bond acceptors (Lipinski definition) is 4. The number of aryl methyl sites for hydroxylation is 2. The van der Waals surface area contributed by atoms with E-state index in [0.717, 1.165) is 18.6 Å². The van der Waals surface area contributed by atoms with Crippen LogP contribution in [-0.4, -0.2) is 24.8 Å². The summed E-state index contributed by atoms with van der Waals surface area (Å²) in [6, 6.07) is 6.52. The van der Waals surface area contributed by atoms with Crippen molar-refractivity contribution in [1.82, 2.24) is 0 Å². The van der Waals surface area contributed by atoms with Crippen LogP contribution in [0.5, 0.6) is 5.75 Å². The molecule has 0 fully saturated rings. The molecule has 0 saturated heterocycles. The number of ether oxygens (including phenoxy) is 1. The van der Waals surface area contributed by atoms with E-state index in [2.05, 4.69) is 32.0 Å². The Morgan fingerprint density at radius 3 is 1.56 bits per heavy atom. The summed E-state index contributed by atoms with van der Waals surface area (Å²) < 4.78 is 39.3. The van der Waals surface area contributed by atoms with Crippen molar-refractivity contribution in [2.75, 3.05) is 6.61 Å². The first-order valence-electron chi connectivity index (χ1n) is 13.6. The molecular weight excluding hydrogens is 455 g/mol. The fraction of sp³-hybridized carbons (Fsp3) is 0.786. The van der Waals surface area contributed by atoms with Gasteiger partial charge in [-0.15, -0.1) is 0 Å². The molecule has 1 aromatic rings. The van der Waals surface area contributed by atoms with Crippen LogP contribution in [0.2, 0.25) is 0 Å². The molecule has 0 N–H and O–H groups in total. The first-order chi connectivity index (χ1) is 15.9. The van der Waals surface area contributed by atoms with E-state index >= 15 is 0 Å². The van der Waals surface area contributed by atoms with Crippen molar-refractivity contribution in [1.29, 1.82) is 0 Å². The van der Waals surface area contributed by atoms with Crippen molar-refractivity contribution in [3.63, 3.8) is 0 Å². The van der Waals surface area contributed by atoms with Gasteiger partial charge >= 0.3 is 29.6 Å². The Labute approximate surface area is 233 Å². The van der Waals surface area contributed by atoms with E-state index in [1.54, 1.807) is 0 Å². The third-order valence-corrected chi connectivity index (χ3v) is 7.67. The number of hydrogen-bond donors (Lipinski definition) is 0. The average Bonchev–Trinajstić information content (AvgIpc) is 2.77. The molecule has 0 bridgehead atoms. The molecule has 192 valence electrons. The maximum atomic E-state index is 11.1. The largest absolute Gasteiger partial charge is 1.00 e. The molecule has 34 heavy (non-hydrogen) atoms. The predicted octanol–water partition coefficient (Wildman–Crippen LogP) is 4.98. The minimum Gasteiger partial charge on any atom is -0.748 e. The van der Waals surface area contributed by atoms with Gasteiger partial charge in [-0.1, -0.05) is 97.0 Å². The molecule has 1 atom stereocenters. The molecule has 0 spiro atoms. The molecule has 0 aliphatic carbocycles. The summed E-state index contributed by atoms with van der Waals surface area (Å²) in [4.78, 5) is 0. The molecular formula is C28H49NaO4S. The van der Waals surface area contributed by atoms with Gasteiger partial charge in [0.25, 0.3) is 0 Å². The maximum Gasteiger partial charge on any atom is 1.00 e. The van der Waals surface area contributed by atoms with Crippen molar-refractivity contribution in [2.45, 2.75) is 135 Å². The quantitative estimate of drug-likeness (QED) is 0.135. The van der Waals surface area contributed by atoms with E-state index in [-0.39, 0.29) is 42.6 Å². The Kier molecular flexibility index (Phi) is 21.0. The summed E-state index contributed by atoms with van der Waals surface area (Å²) in [5.41, 5.74) is 2.62. The molecule has 0 aliphatic rings. The van der Waals surface area contributed by atoms with Crippen molar-refractivity contribution < 1.29 is 47.3 Å². The monoisotopic (exact) mass is 504 g/mol. The Balaban J connectivity index is 0.0000109. The van der Waals surface area contributed by atoms with Gasteiger partial charge in [0.2, 0.25) is 0 Å². The molecule has 0 heterocycles. The van der Waals surface area contributed by atoms with Crippen molar-refractivity contribution in [3.8, 4) is 5.75 Å². The molecule has 6 heteroatoms. The second-order valence-electron chi connectivity index (χ2n) is 9.67. The summed E-state index contributed by atoms with van der Waals surface area (Å²) in [7, 11) is -4.25. The van der Waals surface area contributed by atoms with Crippen molar-refractivity contribution in [2.24, 2.45) is 0 Å².